The van der Waals surface area contributed by atoms with Crippen molar-refractivity contribution in [3.63, 3.8) is 0 Å². The molecular formula is C18H28O2. The summed E-state index contributed by atoms with van der Waals surface area (Å²) in [5, 5.41) is 0. The highest BCUT2D eigenvalue weighted by Gasteiger charge is 2.00. The predicted octanol–water partition coefficient (Wildman–Crippen LogP) is 5.11. The van der Waals surface area contributed by atoms with Gasteiger partial charge in [0.2, 0.25) is 0 Å². The SMILES string of the molecule is C=C1C/C=C/C(C)=C/C(=O)OCCCCCCCCC1. The van der Waals surface area contributed by atoms with Crippen LogP contribution in [0.1, 0.15) is 64.7 Å². The fraction of sp³-hybridized carbons (Fsp3) is 0.611. The third-order valence-corrected chi connectivity index (χ3v) is 3.55. The van der Waals surface area contributed by atoms with Crippen molar-refractivity contribution in [2.24, 2.45) is 0 Å². The number of esters is 1. The number of carbonyl (C=O) groups excluding carboxylic acids is 1. The third kappa shape index (κ3) is 8.73. The average Bonchev–Trinajstić information content (AvgIpc) is 2.40. The van der Waals surface area contributed by atoms with E-state index in [2.05, 4.69) is 12.7 Å². The summed E-state index contributed by atoms with van der Waals surface area (Å²) in [5.41, 5.74) is 2.22. The van der Waals surface area contributed by atoms with E-state index in [9.17, 15) is 4.79 Å². The van der Waals surface area contributed by atoms with Crippen LogP contribution in [0.2, 0.25) is 0 Å². The molecule has 0 aliphatic carbocycles. The zero-order valence-corrected chi connectivity index (χ0v) is 12.8. The third-order valence-electron chi connectivity index (χ3n) is 3.55. The first kappa shape index (κ1) is 16.7. The van der Waals surface area contributed by atoms with Crippen molar-refractivity contribution < 1.29 is 9.53 Å². The Bertz CT molecular complexity index is 364. The minimum Gasteiger partial charge on any atom is -0.463 e. The highest BCUT2D eigenvalue weighted by Crippen LogP contribution is 2.14. The molecule has 0 aromatic carbocycles. The first-order valence-corrected chi connectivity index (χ1v) is 7.87. The first-order chi connectivity index (χ1) is 9.68. The van der Waals surface area contributed by atoms with Crippen LogP contribution in [0.25, 0.3) is 0 Å². The Balaban J connectivity index is 2.48. The van der Waals surface area contributed by atoms with E-state index in [1.165, 1.54) is 37.7 Å². The van der Waals surface area contributed by atoms with E-state index in [0.29, 0.717) is 6.61 Å². The molecule has 20 heavy (non-hydrogen) atoms. The Hall–Kier alpha value is -1.31. The minimum absolute atomic E-state index is 0.227. The molecule has 1 aliphatic rings. The molecule has 0 aromatic rings. The number of rotatable bonds is 0. The fourth-order valence-electron chi connectivity index (χ4n) is 2.32. The topological polar surface area (TPSA) is 26.3 Å². The zero-order valence-electron chi connectivity index (χ0n) is 12.8. The van der Waals surface area contributed by atoms with Gasteiger partial charge in [-0.2, -0.15) is 0 Å². The fourth-order valence-corrected chi connectivity index (χ4v) is 2.32. The number of allylic oxidation sites excluding steroid dienone is 4. The molecular weight excluding hydrogens is 248 g/mol. The van der Waals surface area contributed by atoms with E-state index < -0.39 is 0 Å². The summed E-state index contributed by atoms with van der Waals surface area (Å²) in [6.07, 6.45) is 16.2. The molecule has 2 heteroatoms. The van der Waals surface area contributed by atoms with E-state index in [-0.39, 0.29) is 5.97 Å². The molecule has 0 fully saturated rings. The van der Waals surface area contributed by atoms with Gasteiger partial charge in [-0.3, -0.25) is 0 Å². The highest BCUT2D eigenvalue weighted by atomic mass is 16.5. The standard InChI is InChI=1S/C18H28O2/c1-16-11-8-6-4-3-5-7-9-14-20-18(19)15-17(2)13-10-12-16/h10,13,15H,1,3-9,11-12,14H2,2H3/b13-10+,17-15+. The molecule has 2 nitrogen and oxygen atoms in total. The molecule has 1 aliphatic heterocycles. The van der Waals surface area contributed by atoms with Gasteiger partial charge in [0, 0.05) is 6.08 Å². The van der Waals surface area contributed by atoms with Crippen LogP contribution in [0.3, 0.4) is 0 Å². The summed E-state index contributed by atoms with van der Waals surface area (Å²) in [6.45, 7) is 6.58. The largest absolute Gasteiger partial charge is 0.463 e. The second-order valence-corrected chi connectivity index (χ2v) is 5.64. The molecule has 0 spiro atoms. The number of ether oxygens (including phenoxy) is 1. The van der Waals surface area contributed by atoms with Crippen LogP contribution in [-0.2, 0) is 9.53 Å². The second-order valence-electron chi connectivity index (χ2n) is 5.64. The molecule has 0 saturated carbocycles. The van der Waals surface area contributed by atoms with E-state index in [4.69, 9.17) is 4.74 Å². The molecule has 0 amide bonds. The Morgan fingerprint density at radius 3 is 2.45 bits per heavy atom. The molecule has 112 valence electrons. The van der Waals surface area contributed by atoms with Crippen LogP contribution in [0.15, 0.2) is 36.0 Å². The number of hydrogen-bond donors (Lipinski definition) is 0. The van der Waals surface area contributed by atoms with Gasteiger partial charge in [-0.25, -0.2) is 4.79 Å². The van der Waals surface area contributed by atoms with Crippen molar-refractivity contribution in [3.8, 4) is 0 Å². The second kappa shape index (κ2) is 10.5. The van der Waals surface area contributed by atoms with E-state index in [1.807, 2.05) is 13.0 Å². The van der Waals surface area contributed by atoms with Crippen molar-refractivity contribution in [1.29, 1.82) is 0 Å². The lowest BCUT2D eigenvalue weighted by atomic mass is 10.0. The summed E-state index contributed by atoms with van der Waals surface area (Å²) >= 11 is 0. The van der Waals surface area contributed by atoms with Gasteiger partial charge < -0.3 is 4.74 Å². The van der Waals surface area contributed by atoms with E-state index >= 15 is 0 Å². The number of carbonyl (C=O) groups is 1. The lowest BCUT2D eigenvalue weighted by Crippen LogP contribution is -2.03. The summed E-state index contributed by atoms with van der Waals surface area (Å²) < 4.78 is 5.19. The molecule has 0 bridgehead atoms. The van der Waals surface area contributed by atoms with Crippen LogP contribution in [0.5, 0.6) is 0 Å². The van der Waals surface area contributed by atoms with Gasteiger partial charge in [0.25, 0.3) is 0 Å². The number of cyclic esters (lactones) is 1. The van der Waals surface area contributed by atoms with Gasteiger partial charge in [-0.05, 0) is 38.2 Å². The van der Waals surface area contributed by atoms with Gasteiger partial charge in [0.15, 0.2) is 0 Å². The first-order valence-electron chi connectivity index (χ1n) is 7.87. The molecule has 0 atom stereocenters. The maximum absolute atomic E-state index is 11.6. The monoisotopic (exact) mass is 276 g/mol. The predicted molar refractivity (Wildman–Crippen MR) is 84.5 cm³/mol. The van der Waals surface area contributed by atoms with Gasteiger partial charge in [0.05, 0.1) is 6.61 Å². The summed E-state index contributed by atoms with van der Waals surface area (Å²) in [7, 11) is 0. The highest BCUT2D eigenvalue weighted by molar-refractivity contribution is 5.83. The molecule has 1 rings (SSSR count). The van der Waals surface area contributed by atoms with Crippen molar-refractivity contribution in [2.45, 2.75) is 64.7 Å². The minimum atomic E-state index is -0.227. The molecule has 0 unspecified atom stereocenters. The van der Waals surface area contributed by atoms with Crippen molar-refractivity contribution >= 4 is 5.97 Å². The summed E-state index contributed by atoms with van der Waals surface area (Å²) in [5.74, 6) is -0.227. The molecule has 0 radical (unpaired) electrons. The van der Waals surface area contributed by atoms with Gasteiger partial charge in [-0.1, -0.05) is 56.4 Å². The Labute approximate surface area is 123 Å². The van der Waals surface area contributed by atoms with E-state index in [0.717, 1.165) is 31.3 Å². The van der Waals surface area contributed by atoms with Crippen LogP contribution in [0.4, 0.5) is 0 Å². The lowest BCUT2D eigenvalue weighted by Gasteiger charge is -2.04. The van der Waals surface area contributed by atoms with Crippen LogP contribution >= 0.6 is 0 Å². The maximum Gasteiger partial charge on any atom is 0.331 e. The summed E-state index contributed by atoms with van der Waals surface area (Å²) in [6, 6.07) is 0. The Morgan fingerprint density at radius 2 is 1.70 bits per heavy atom. The smallest absolute Gasteiger partial charge is 0.331 e. The average molecular weight is 276 g/mol. The molecule has 0 saturated heterocycles. The lowest BCUT2D eigenvalue weighted by molar-refractivity contribution is -0.137. The number of hydrogen-bond acceptors (Lipinski definition) is 2. The molecule has 1 heterocycles. The van der Waals surface area contributed by atoms with Crippen molar-refractivity contribution in [2.75, 3.05) is 6.61 Å². The Kier molecular flexibility index (Phi) is 8.77. The summed E-state index contributed by atoms with van der Waals surface area (Å²) in [4.78, 5) is 11.6. The molecule has 0 aromatic heterocycles. The van der Waals surface area contributed by atoms with Crippen LogP contribution in [0, 0.1) is 0 Å². The molecule has 0 N–H and O–H groups in total. The van der Waals surface area contributed by atoms with Crippen LogP contribution < -0.4 is 0 Å². The van der Waals surface area contributed by atoms with Gasteiger partial charge in [0.1, 0.15) is 0 Å². The zero-order chi connectivity index (χ0) is 14.6. The quantitative estimate of drug-likeness (QED) is 0.454. The normalized spacial score (nSPS) is 25.1. The van der Waals surface area contributed by atoms with E-state index in [1.54, 1.807) is 6.08 Å². The van der Waals surface area contributed by atoms with Gasteiger partial charge >= 0.3 is 5.97 Å². The Morgan fingerprint density at radius 1 is 1.05 bits per heavy atom. The van der Waals surface area contributed by atoms with Crippen molar-refractivity contribution in [1.82, 2.24) is 0 Å². The maximum atomic E-state index is 11.6. The van der Waals surface area contributed by atoms with Crippen molar-refractivity contribution in [3.05, 3.63) is 36.0 Å². The van der Waals surface area contributed by atoms with Crippen LogP contribution in [-0.4, -0.2) is 12.6 Å². The van der Waals surface area contributed by atoms with Gasteiger partial charge in [-0.15, -0.1) is 0 Å².